The first-order valence-corrected chi connectivity index (χ1v) is 10.5. The van der Waals surface area contributed by atoms with Gasteiger partial charge in [0.1, 0.15) is 0 Å². The van der Waals surface area contributed by atoms with Crippen LogP contribution in [0.5, 0.6) is 0 Å². The summed E-state index contributed by atoms with van der Waals surface area (Å²) in [7, 11) is -3.23. The SMILES string of the molecule is C/C=C\CC1CCS(=O)(=O)N1c1ccc(C(O)CCCCC)cc1. The fraction of sp³-hybridized carbons (Fsp3) is 0.579. The minimum Gasteiger partial charge on any atom is -0.388 e. The zero-order chi connectivity index (χ0) is 17.6. The van der Waals surface area contributed by atoms with Crippen LogP contribution < -0.4 is 4.31 Å². The molecule has 1 N–H and O–H groups in total. The average molecular weight is 352 g/mol. The van der Waals surface area contributed by atoms with Gasteiger partial charge in [0.15, 0.2) is 0 Å². The molecule has 134 valence electrons. The number of benzene rings is 1. The summed E-state index contributed by atoms with van der Waals surface area (Å²) < 4.78 is 26.3. The molecule has 2 rings (SSSR count). The number of nitrogens with zero attached hydrogens (tertiary/aromatic N) is 1. The number of hydrogen-bond acceptors (Lipinski definition) is 3. The van der Waals surface area contributed by atoms with Crippen molar-refractivity contribution in [2.45, 2.75) is 64.5 Å². The highest BCUT2D eigenvalue weighted by Crippen LogP contribution is 2.32. The van der Waals surface area contributed by atoms with E-state index in [1.54, 1.807) is 4.31 Å². The third-order valence-corrected chi connectivity index (χ3v) is 6.46. The van der Waals surface area contributed by atoms with Crippen LogP contribution in [0.15, 0.2) is 36.4 Å². The monoisotopic (exact) mass is 351 g/mol. The lowest BCUT2D eigenvalue weighted by molar-refractivity contribution is 0.163. The topological polar surface area (TPSA) is 57.6 Å². The Morgan fingerprint density at radius 3 is 2.62 bits per heavy atom. The molecule has 1 fully saturated rings. The molecule has 1 saturated heterocycles. The van der Waals surface area contributed by atoms with E-state index in [1.807, 2.05) is 43.3 Å². The van der Waals surface area contributed by atoms with Crippen molar-refractivity contribution in [3.05, 3.63) is 42.0 Å². The second-order valence-corrected chi connectivity index (χ2v) is 8.43. The highest BCUT2D eigenvalue weighted by molar-refractivity contribution is 7.93. The molecule has 0 saturated carbocycles. The van der Waals surface area contributed by atoms with Gasteiger partial charge in [-0.1, -0.05) is 50.5 Å². The van der Waals surface area contributed by atoms with Gasteiger partial charge < -0.3 is 5.11 Å². The molecule has 1 aromatic carbocycles. The van der Waals surface area contributed by atoms with Crippen molar-refractivity contribution in [1.29, 1.82) is 0 Å². The summed E-state index contributed by atoms with van der Waals surface area (Å²) in [5.41, 5.74) is 1.56. The number of hydrogen-bond donors (Lipinski definition) is 1. The van der Waals surface area contributed by atoms with Crippen LogP contribution in [0, 0.1) is 0 Å². The van der Waals surface area contributed by atoms with Gasteiger partial charge in [0.25, 0.3) is 0 Å². The van der Waals surface area contributed by atoms with Crippen LogP contribution in [0.4, 0.5) is 5.69 Å². The molecule has 0 bridgehead atoms. The maximum atomic E-state index is 12.4. The van der Waals surface area contributed by atoms with Crippen LogP contribution in [0.2, 0.25) is 0 Å². The van der Waals surface area contributed by atoms with Crippen molar-refractivity contribution in [1.82, 2.24) is 0 Å². The van der Waals surface area contributed by atoms with E-state index in [-0.39, 0.29) is 11.8 Å². The lowest BCUT2D eigenvalue weighted by atomic mass is 10.0. The molecule has 0 radical (unpaired) electrons. The second-order valence-electron chi connectivity index (χ2n) is 6.46. The summed E-state index contributed by atoms with van der Waals surface area (Å²) in [6.45, 7) is 4.09. The average Bonchev–Trinajstić information content (AvgIpc) is 2.87. The summed E-state index contributed by atoms with van der Waals surface area (Å²) >= 11 is 0. The van der Waals surface area contributed by atoms with Crippen LogP contribution >= 0.6 is 0 Å². The predicted octanol–water partition coefficient (Wildman–Crippen LogP) is 4.18. The Morgan fingerprint density at radius 2 is 2.00 bits per heavy atom. The Bertz CT molecular complexity index is 637. The number of sulfonamides is 1. The molecule has 1 aliphatic heterocycles. The fourth-order valence-corrected chi connectivity index (χ4v) is 5.06. The largest absolute Gasteiger partial charge is 0.388 e. The quantitative estimate of drug-likeness (QED) is 0.565. The molecule has 1 heterocycles. The van der Waals surface area contributed by atoms with Crippen molar-refractivity contribution in [2.75, 3.05) is 10.1 Å². The molecule has 0 spiro atoms. The molecule has 5 heteroatoms. The van der Waals surface area contributed by atoms with Crippen molar-refractivity contribution in [2.24, 2.45) is 0 Å². The van der Waals surface area contributed by atoms with E-state index in [1.165, 1.54) is 0 Å². The standard InChI is InChI=1S/C19H29NO3S/c1-3-5-7-9-19(21)16-10-12-18(13-11-16)20-17(8-6-4-2)14-15-24(20,22)23/h4,6,10-13,17,19,21H,3,5,7-9,14-15H2,1-2H3/b6-4-. The third-order valence-electron chi connectivity index (χ3n) is 4.60. The van der Waals surface area contributed by atoms with Gasteiger partial charge in [-0.3, -0.25) is 4.31 Å². The maximum Gasteiger partial charge on any atom is 0.235 e. The molecular weight excluding hydrogens is 322 g/mol. The fourth-order valence-electron chi connectivity index (χ4n) is 3.20. The van der Waals surface area contributed by atoms with Gasteiger partial charge in [-0.05, 0) is 43.9 Å². The first-order valence-electron chi connectivity index (χ1n) is 8.91. The Labute approximate surface area is 146 Å². The zero-order valence-electron chi connectivity index (χ0n) is 14.7. The molecule has 2 atom stereocenters. The van der Waals surface area contributed by atoms with Crippen LogP contribution in [0.3, 0.4) is 0 Å². The van der Waals surface area contributed by atoms with E-state index in [2.05, 4.69) is 6.92 Å². The third kappa shape index (κ3) is 4.61. The van der Waals surface area contributed by atoms with Crippen LogP contribution in [0.1, 0.15) is 64.0 Å². The number of aliphatic hydroxyl groups excluding tert-OH is 1. The number of anilines is 1. The van der Waals surface area contributed by atoms with Gasteiger partial charge in [0.05, 0.1) is 17.5 Å². The van der Waals surface area contributed by atoms with Gasteiger partial charge in [-0.15, -0.1) is 0 Å². The van der Waals surface area contributed by atoms with E-state index in [4.69, 9.17) is 0 Å². The van der Waals surface area contributed by atoms with Gasteiger partial charge in [0.2, 0.25) is 10.0 Å². The second kappa shape index (κ2) is 8.67. The minimum atomic E-state index is -3.23. The van der Waals surface area contributed by atoms with E-state index in [9.17, 15) is 13.5 Å². The lowest BCUT2D eigenvalue weighted by Gasteiger charge is -2.25. The molecule has 0 aromatic heterocycles. The molecule has 0 aliphatic carbocycles. The van der Waals surface area contributed by atoms with E-state index in [0.717, 1.165) is 37.7 Å². The Hall–Kier alpha value is -1.33. The number of allylic oxidation sites excluding steroid dienone is 1. The van der Waals surface area contributed by atoms with E-state index < -0.39 is 16.1 Å². The lowest BCUT2D eigenvalue weighted by Crippen LogP contribution is -2.32. The molecular formula is C19H29NO3S. The van der Waals surface area contributed by atoms with Gasteiger partial charge in [0, 0.05) is 6.04 Å². The minimum absolute atomic E-state index is 0.00784. The summed E-state index contributed by atoms with van der Waals surface area (Å²) in [5, 5.41) is 10.2. The molecule has 24 heavy (non-hydrogen) atoms. The Balaban J connectivity index is 2.12. The maximum absolute atomic E-state index is 12.4. The summed E-state index contributed by atoms with van der Waals surface area (Å²) in [6, 6.07) is 7.35. The number of unbranched alkanes of at least 4 members (excludes halogenated alkanes) is 2. The van der Waals surface area contributed by atoms with Gasteiger partial charge in [-0.25, -0.2) is 8.42 Å². The van der Waals surface area contributed by atoms with Crippen molar-refractivity contribution < 1.29 is 13.5 Å². The van der Waals surface area contributed by atoms with Crippen LogP contribution in [-0.2, 0) is 10.0 Å². The zero-order valence-corrected chi connectivity index (χ0v) is 15.5. The van der Waals surface area contributed by atoms with Crippen LogP contribution in [0.25, 0.3) is 0 Å². The molecule has 1 aromatic rings. The van der Waals surface area contributed by atoms with E-state index >= 15 is 0 Å². The smallest absolute Gasteiger partial charge is 0.235 e. The molecule has 4 nitrogen and oxygen atoms in total. The van der Waals surface area contributed by atoms with Crippen molar-refractivity contribution >= 4 is 15.7 Å². The van der Waals surface area contributed by atoms with Gasteiger partial charge >= 0.3 is 0 Å². The molecule has 1 aliphatic rings. The van der Waals surface area contributed by atoms with E-state index in [0.29, 0.717) is 12.1 Å². The Kier molecular flexibility index (Phi) is 6.87. The summed E-state index contributed by atoms with van der Waals surface area (Å²) in [6.07, 6.45) is 8.90. The number of aliphatic hydroxyl groups is 1. The first-order chi connectivity index (χ1) is 11.5. The van der Waals surface area contributed by atoms with Crippen LogP contribution in [-0.4, -0.2) is 25.3 Å². The normalized spacial score (nSPS) is 21.5. The highest BCUT2D eigenvalue weighted by atomic mass is 32.2. The predicted molar refractivity (Wildman–Crippen MR) is 99.6 cm³/mol. The first kappa shape index (κ1) is 19.0. The summed E-state index contributed by atoms with van der Waals surface area (Å²) in [4.78, 5) is 0. The molecule has 0 amide bonds. The highest BCUT2D eigenvalue weighted by Gasteiger charge is 2.36. The number of rotatable bonds is 8. The molecule has 2 unspecified atom stereocenters. The Morgan fingerprint density at radius 1 is 1.29 bits per heavy atom. The van der Waals surface area contributed by atoms with Gasteiger partial charge in [-0.2, -0.15) is 0 Å². The summed E-state index contributed by atoms with van der Waals surface area (Å²) in [5.74, 6) is 0.205. The van der Waals surface area contributed by atoms with Crippen molar-refractivity contribution in [3.63, 3.8) is 0 Å². The van der Waals surface area contributed by atoms with Crippen molar-refractivity contribution in [3.8, 4) is 0 Å².